The van der Waals surface area contributed by atoms with Gasteiger partial charge in [-0.25, -0.2) is 0 Å². The lowest BCUT2D eigenvalue weighted by Crippen LogP contribution is -2.53. The van der Waals surface area contributed by atoms with Crippen LogP contribution in [0.2, 0.25) is 69.5 Å². The van der Waals surface area contributed by atoms with Gasteiger partial charge in [0.15, 0.2) is 33.3 Å². The lowest BCUT2D eigenvalue weighted by Gasteiger charge is -2.44. The number of hydrogen-bond donors (Lipinski definition) is 2. The SMILES string of the molecule is C=C(C)[C@@H](O)[C@]1(C)O[C@H]1[C@@H](CO[Si](C(C)C)(C(C)C)C(C)C)O[Si](C)(C)C(C)(C)C.C=C(C)[C@H](O)[C@]1(C)O[C@H]1[C@@H](CO[Si](C(C)C)(C(C)C)C(C)C)O[Si](C)(C)C(C)(C)C. The Morgan fingerprint density at radius 3 is 0.917 bits per heavy atom. The van der Waals surface area contributed by atoms with Crippen molar-refractivity contribution in [3.05, 3.63) is 24.3 Å². The molecule has 0 aromatic rings. The van der Waals surface area contributed by atoms with Crippen LogP contribution in [0.5, 0.6) is 0 Å². The minimum absolute atomic E-state index is 0.0895. The van der Waals surface area contributed by atoms with Gasteiger partial charge in [0.2, 0.25) is 0 Å². The van der Waals surface area contributed by atoms with Crippen LogP contribution >= 0.6 is 0 Å². The third-order valence-electron chi connectivity index (χ3n) is 15.4. The average Bonchev–Trinajstić information content (AvgIpc) is 3.95. The van der Waals surface area contributed by atoms with E-state index in [1.165, 1.54) is 0 Å². The van der Waals surface area contributed by atoms with E-state index in [4.69, 9.17) is 27.2 Å². The summed E-state index contributed by atoms with van der Waals surface area (Å²) in [5.74, 6) is 0. The first-order valence-corrected chi connectivity index (χ1v) is 33.4. The molecule has 2 aliphatic heterocycles. The highest BCUT2D eigenvalue weighted by molar-refractivity contribution is 6.78. The Kier molecular flexibility index (Phi) is 20.0. The highest BCUT2D eigenvalue weighted by Crippen LogP contribution is 2.51. The van der Waals surface area contributed by atoms with Crippen LogP contribution in [0.4, 0.5) is 0 Å². The topological polar surface area (TPSA) is 102 Å². The van der Waals surface area contributed by atoms with Crippen molar-refractivity contribution in [1.29, 1.82) is 0 Å². The molecule has 60 heavy (non-hydrogen) atoms. The molecule has 0 aromatic carbocycles. The van der Waals surface area contributed by atoms with Gasteiger partial charge in [0.1, 0.15) is 35.6 Å². The standard InChI is InChI=1S/2C24H50O4Si2/c2*1-16(2)21(25)24(12)22(27-24)20(28-29(13,14)23(9,10)11)15-26-30(17(3)4,18(5)6)19(7)8/h2*17-22,25H,1,15H2,2-14H3/t20-,21+,22+,24+;20-,21-,22+,24+/m11/s1. The number of aliphatic hydroxyl groups excluding tert-OH is 2. The van der Waals surface area contributed by atoms with E-state index in [1.807, 2.05) is 27.7 Å². The maximum absolute atomic E-state index is 10.7. The second kappa shape index (κ2) is 20.7. The van der Waals surface area contributed by atoms with E-state index < -0.39 is 56.7 Å². The zero-order valence-corrected chi connectivity index (χ0v) is 48.1. The molecule has 0 aliphatic carbocycles. The fraction of sp³-hybridized carbons (Fsp3) is 0.917. The van der Waals surface area contributed by atoms with Crippen LogP contribution in [0.1, 0.15) is 152 Å². The van der Waals surface area contributed by atoms with Gasteiger partial charge in [-0.05, 0) is 108 Å². The molecule has 2 saturated heterocycles. The summed E-state index contributed by atoms with van der Waals surface area (Å²) >= 11 is 0. The molecule has 8 nitrogen and oxygen atoms in total. The molecule has 2 N–H and O–H groups in total. The summed E-state index contributed by atoms with van der Waals surface area (Å²) in [6.45, 7) is 66.8. The van der Waals surface area contributed by atoms with Crippen LogP contribution in [-0.2, 0) is 27.2 Å². The first kappa shape index (κ1) is 58.0. The van der Waals surface area contributed by atoms with Gasteiger partial charge < -0.3 is 37.4 Å². The molecule has 2 heterocycles. The molecule has 0 amide bonds. The highest BCUT2D eigenvalue weighted by Gasteiger charge is 2.64. The number of epoxide rings is 2. The fourth-order valence-electron chi connectivity index (χ4n) is 9.72. The molecular formula is C48H100O8Si4. The summed E-state index contributed by atoms with van der Waals surface area (Å²) in [4.78, 5) is 0. The summed E-state index contributed by atoms with van der Waals surface area (Å²) in [7, 11) is -8.13. The molecule has 8 atom stereocenters. The first-order chi connectivity index (χ1) is 26.7. The smallest absolute Gasteiger partial charge is 0.200 e. The normalized spacial score (nSPS) is 25.2. The number of rotatable bonds is 22. The Balaban J connectivity index is 0.000000600. The minimum Gasteiger partial charge on any atom is -0.413 e. The molecule has 2 aliphatic rings. The third kappa shape index (κ3) is 12.7. The molecule has 12 heteroatoms. The summed E-state index contributed by atoms with van der Waals surface area (Å²) in [5.41, 5.74) is 3.22. The van der Waals surface area contributed by atoms with E-state index in [1.54, 1.807) is 0 Å². The Morgan fingerprint density at radius 1 is 0.533 bits per heavy atom. The van der Waals surface area contributed by atoms with Crippen molar-refractivity contribution in [3.8, 4) is 0 Å². The van der Waals surface area contributed by atoms with Crippen LogP contribution in [-0.4, -0.2) is 105 Å². The van der Waals surface area contributed by atoms with Gasteiger partial charge in [-0.2, -0.15) is 0 Å². The Labute approximate surface area is 376 Å². The zero-order chi connectivity index (χ0) is 47.7. The monoisotopic (exact) mass is 917 g/mol. The second-order valence-corrected chi connectivity index (χ2v) is 44.5. The summed E-state index contributed by atoms with van der Waals surface area (Å²) in [6.07, 6.45) is -2.14. The number of hydrogen-bond acceptors (Lipinski definition) is 8. The van der Waals surface area contributed by atoms with Gasteiger partial charge in [0.25, 0.3) is 0 Å². The fourth-order valence-corrected chi connectivity index (χ4v) is 23.2. The van der Waals surface area contributed by atoms with Crippen molar-refractivity contribution in [1.82, 2.24) is 0 Å². The average molecular weight is 918 g/mol. The molecule has 0 aromatic heterocycles. The van der Waals surface area contributed by atoms with Crippen molar-refractivity contribution < 1.29 is 37.4 Å². The van der Waals surface area contributed by atoms with Crippen molar-refractivity contribution in [2.75, 3.05) is 13.2 Å². The van der Waals surface area contributed by atoms with E-state index in [0.717, 1.165) is 11.1 Å². The molecule has 0 unspecified atom stereocenters. The van der Waals surface area contributed by atoms with Gasteiger partial charge in [-0.3, -0.25) is 0 Å². The summed E-state index contributed by atoms with van der Waals surface area (Å²) in [5, 5.41) is 21.6. The maximum atomic E-state index is 10.7. The summed E-state index contributed by atoms with van der Waals surface area (Å²) < 4.78 is 39.8. The van der Waals surface area contributed by atoms with Crippen LogP contribution in [0.25, 0.3) is 0 Å². The van der Waals surface area contributed by atoms with Crippen molar-refractivity contribution >= 4 is 33.3 Å². The quantitative estimate of drug-likeness (QED) is 0.0629. The Hall–Kier alpha value is 0.0275. The molecule has 2 fully saturated rings. The predicted octanol–water partition coefficient (Wildman–Crippen LogP) is 13.3. The van der Waals surface area contributed by atoms with Crippen molar-refractivity contribution in [3.63, 3.8) is 0 Å². The van der Waals surface area contributed by atoms with E-state index in [2.05, 4.69) is 164 Å². The van der Waals surface area contributed by atoms with Gasteiger partial charge in [-0.1, -0.05) is 138 Å². The number of ether oxygens (including phenoxy) is 2. The Bertz CT molecular complexity index is 1250. The van der Waals surface area contributed by atoms with Crippen LogP contribution in [0, 0.1) is 0 Å². The van der Waals surface area contributed by atoms with Crippen LogP contribution in [0.15, 0.2) is 24.3 Å². The van der Waals surface area contributed by atoms with Gasteiger partial charge in [-0.15, -0.1) is 0 Å². The third-order valence-corrected chi connectivity index (χ3v) is 36.6. The van der Waals surface area contributed by atoms with Gasteiger partial charge in [0, 0.05) is 0 Å². The van der Waals surface area contributed by atoms with E-state index in [9.17, 15) is 10.2 Å². The van der Waals surface area contributed by atoms with Crippen molar-refractivity contribution in [2.24, 2.45) is 0 Å². The summed E-state index contributed by atoms with van der Waals surface area (Å²) in [6, 6.07) is 0. The van der Waals surface area contributed by atoms with Gasteiger partial charge >= 0.3 is 0 Å². The van der Waals surface area contributed by atoms with Gasteiger partial charge in [0.05, 0.1) is 25.4 Å². The maximum Gasteiger partial charge on any atom is 0.200 e. The number of aliphatic hydroxyl groups is 2. The molecule has 0 saturated carbocycles. The van der Waals surface area contributed by atoms with Crippen molar-refractivity contribution in [2.45, 2.75) is 270 Å². The predicted molar refractivity (Wildman–Crippen MR) is 266 cm³/mol. The lowest BCUT2D eigenvalue weighted by molar-refractivity contribution is 0.0807. The second-order valence-electron chi connectivity index (χ2n) is 24.0. The first-order valence-electron chi connectivity index (χ1n) is 23.3. The van der Waals surface area contributed by atoms with Crippen LogP contribution < -0.4 is 0 Å². The largest absolute Gasteiger partial charge is 0.413 e. The molecule has 0 radical (unpaired) electrons. The molecule has 2 rings (SSSR count). The minimum atomic E-state index is -2.04. The van der Waals surface area contributed by atoms with Crippen LogP contribution in [0.3, 0.4) is 0 Å². The van der Waals surface area contributed by atoms with E-state index in [-0.39, 0.29) is 34.5 Å². The Morgan fingerprint density at radius 2 is 0.750 bits per heavy atom. The van der Waals surface area contributed by atoms with E-state index >= 15 is 0 Å². The molecule has 356 valence electrons. The molecule has 0 spiro atoms. The molecule has 0 bridgehead atoms. The molecular weight excluding hydrogens is 817 g/mol. The lowest BCUT2D eigenvalue weighted by atomic mass is 9.93. The highest BCUT2D eigenvalue weighted by atomic mass is 28.4. The van der Waals surface area contributed by atoms with E-state index in [0.29, 0.717) is 46.5 Å². The zero-order valence-electron chi connectivity index (χ0n) is 44.1.